The van der Waals surface area contributed by atoms with Gasteiger partial charge in [-0.2, -0.15) is 0 Å². The number of para-hydroxylation sites is 1. The first-order valence-corrected chi connectivity index (χ1v) is 8.25. The summed E-state index contributed by atoms with van der Waals surface area (Å²) >= 11 is 0. The molecule has 0 saturated heterocycles. The molecule has 0 aliphatic heterocycles. The van der Waals surface area contributed by atoms with Crippen molar-refractivity contribution in [2.24, 2.45) is 0 Å². The molecule has 1 N–H and O–H groups in total. The second kappa shape index (κ2) is 6.08. The highest BCUT2D eigenvalue weighted by molar-refractivity contribution is 6.38. The highest BCUT2D eigenvalue weighted by Crippen LogP contribution is 2.32. The van der Waals surface area contributed by atoms with E-state index in [0.717, 1.165) is 22.0 Å². The van der Waals surface area contributed by atoms with Crippen molar-refractivity contribution >= 4 is 39.7 Å². The summed E-state index contributed by atoms with van der Waals surface area (Å²) < 4.78 is 0. The number of aromatic amines is 1. The van der Waals surface area contributed by atoms with Gasteiger partial charge in [0, 0.05) is 38.5 Å². The Labute approximate surface area is 149 Å². The van der Waals surface area contributed by atoms with Crippen LogP contribution in [0.3, 0.4) is 0 Å². The van der Waals surface area contributed by atoms with Gasteiger partial charge in [-0.3, -0.25) is 14.4 Å². The number of fused-ring (bicyclic) bond motifs is 3. The molecular weight excluding hydrogens is 326 g/mol. The topological polar surface area (TPSA) is 67.0 Å². The summed E-state index contributed by atoms with van der Waals surface area (Å²) in [7, 11) is 0. The fourth-order valence-corrected chi connectivity index (χ4v) is 3.41. The third kappa shape index (κ3) is 2.35. The van der Waals surface area contributed by atoms with Gasteiger partial charge >= 0.3 is 0 Å². The van der Waals surface area contributed by atoms with Gasteiger partial charge in [0.05, 0.1) is 0 Å². The van der Waals surface area contributed by atoms with Crippen LogP contribution in [-0.4, -0.2) is 22.8 Å². The van der Waals surface area contributed by atoms with E-state index in [-0.39, 0.29) is 23.2 Å². The Hall–Kier alpha value is -3.53. The van der Waals surface area contributed by atoms with Crippen LogP contribution in [0.2, 0.25) is 0 Å². The van der Waals surface area contributed by atoms with Crippen LogP contribution in [0.15, 0.2) is 60.7 Å². The molecule has 1 aromatic heterocycles. The molecular formula is C22H15NO3. The van der Waals surface area contributed by atoms with E-state index >= 15 is 0 Å². The van der Waals surface area contributed by atoms with E-state index in [1.54, 1.807) is 24.3 Å². The molecule has 0 fully saturated rings. The number of carbonyl (C=O) groups excluding carboxylic acids is 3. The lowest BCUT2D eigenvalue weighted by Crippen LogP contribution is -2.12. The number of aryl methyl sites for hydroxylation is 1. The normalized spacial score (nSPS) is 11.0. The highest BCUT2D eigenvalue weighted by Gasteiger charge is 2.24. The van der Waals surface area contributed by atoms with Gasteiger partial charge in [0.25, 0.3) is 0 Å². The smallest absolute Gasteiger partial charge is 0.226 e. The Balaban J connectivity index is 2.13. The first kappa shape index (κ1) is 16.0. The largest absolute Gasteiger partial charge is 0.354 e. The first-order chi connectivity index (χ1) is 12.6. The average Bonchev–Trinajstić information content (AvgIpc) is 3.05. The second-order valence-corrected chi connectivity index (χ2v) is 6.21. The standard InChI is InChI=1S/C22H15NO3/c1-13-6-2-3-7-14(13)22(26)21-16(19(25)12-24)10-11-18-20(21)15-8-4-5-9-17(15)23-18/h2-12,23H,1H3. The van der Waals surface area contributed by atoms with Crippen LogP contribution in [0.1, 0.15) is 31.8 Å². The minimum absolute atomic E-state index is 0.130. The van der Waals surface area contributed by atoms with Gasteiger partial charge in [-0.1, -0.05) is 42.5 Å². The summed E-state index contributed by atoms with van der Waals surface area (Å²) in [5, 5.41) is 1.52. The van der Waals surface area contributed by atoms with E-state index in [1.165, 1.54) is 0 Å². The molecule has 4 nitrogen and oxygen atoms in total. The number of nitrogens with one attached hydrogen (secondary N) is 1. The van der Waals surface area contributed by atoms with E-state index in [0.29, 0.717) is 10.9 Å². The van der Waals surface area contributed by atoms with Crippen molar-refractivity contribution in [2.45, 2.75) is 6.92 Å². The van der Waals surface area contributed by atoms with Crippen LogP contribution in [0.5, 0.6) is 0 Å². The molecule has 0 saturated carbocycles. The third-order valence-electron chi connectivity index (χ3n) is 4.66. The molecule has 0 aliphatic carbocycles. The van der Waals surface area contributed by atoms with Crippen LogP contribution in [0.4, 0.5) is 0 Å². The minimum atomic E-state index is -0.700. The van der Waals surface area contributed by atoms with Gasteiger partial charge in [-0.25, -0.2) is 0 Å². The van der Waals surface area contributed by atoms with Gasteiger partial charge in [0.15, 0.2) is 12.1 Å². The average molecular weight is 341 g/mol. The van der Waals surface area contributed by atoms with Crippen LogP contribution in [0.25, 0.3) is 21.8 Å². The van der Waals surface area contributed by atoms with Crippen molar-refractivity contribution in [3.8, 4) is 0 Å². The molecule has 0 radical (unpaired) electrons. The van der Waals surface area contributed by atoms with Gasteiger partial charge in [0.2, 0.25) is 5.78 Å². The Bertz CT molecular complexity index is 1200. The summed E-state index contributed by atoms with van der Waals surface area (Å²) in [5.41, 5.74) is 3.36. The molecule has 4 aromatic rings. The maximum Gasteiger partial charge on any atom is 0.226 e. The molecule has 0 spiro atoms. The number of ketones is 2. The van der Waals surface area contributed by atoms with Crippen LogP contribution >= 0.6 is 0 Å². The van der Waals surface area contributed by atoms with Crippen LogP contribution < -0.4 is 0 Å². The lowest BCUT2D eigenvalue weighted by atomic mass is 9.90. The summed E-state index contributed by atoms with van der Waals surface area (Å²) in [6, 6.07) is 18.1. The minimum Gasteiger partial charge on any atom is -0.354 e. The van der Waals surface area contributed by atoms with E-state index in [9.17, 15) is 14.4 Å². The van der Waals surface area contributed by atoms with Crippen molar-refractivity contribution in [1.29, 1.82) is 0 Å². The van der Waals surface area contributed by atoms with Crippen molar-refractivity contribution < 1.29 is 14.4 Å². The maximum absolute atomic E-state index is 13.4. The molecule has 3 aromatic carbocycles. The number of benzene rings is 3. The van der Waals surface area contributed by atoms with Crippen molar-refractivity contribution in [3.63, 3.8) is 0 Å². The van der Waals surface area contributed by atoms with E-state index in [4.69, 9.17) is 0 Å². The van der Waals surface area contributed by atoms with Crippen LogP contribution in [-0.2, 0) is 4.79 Å². The van der Waals surface area contributed by atoms with Gasteiger partial charge in [0.1, 0.15) is 0 Å². The van der Waals surface area contributed by atoms with Crippen molar-refractivity contribution in [3.05, 3.63) is 82.9 Å². The highest BCUT2D eigenvalue weighted by atomic mass is 16.2. The quantitative estimate of drug-likeness (QED) is 0.343. The van der Waals surface area contributed by atoms with E-state index < -0.39 is 5.78 Å². The van der Waals surface area contributed by atoms with Crippen molar-refractivity contribution in [2.75, 3.05) is 0 Å². The number of hydrogen-bond acceptors (Lipinski definition) is 3. The number of aromatic nitrogens is 1. The third-order valence-corrected chi connectivity index (χ3v) is 4.66. The number of rotatable bonds is 4. The number of H-pyrrole nitrogens is 1. The molecule has 4 rings (SSSR count). The monoisotopic (exact) mass is 341 g/mol. The summed E-state index contributed by atoms with van der Waals surface area (Å²) in [6.45, 7) is 1.85. The summed E-state index contributed by atoms with van der Waals surface area (Å²) in [5.74, 6) is -0.960. The number of carbonyl (C=O) groups is 3. The number of hydrogen-bond donors (Lipinski definition) is 1. The SMILES string of the molecule is Cc1ccccc1C(=O)c1c(C(=O)C=O)ccc2[nH]c3ccccc3c12. The predicted octanol–water partition coefficient (Wildman–Crippen LogP) is 4.24. The molecule has 0 atom stereocenters. The molecule has 0 aliphatic rings. The molecule has 0 unspecified atom stereocenters. The zero-order chi connectivity index (χ0) is 18.3. The zero-order valence-corrected chi connectivity index (χ0v) is 14.1. The fourth-order valence-electron chi connectivity index (χ4n) is 3.41. The maximum atomic E-state index is 13.4. The summed E-state index contributed by atoms with van der Waals surface area (Å²) in [6.07, 6.45) is 0.255. The molecule has 26 heavy (non-hydrogen) atoms. The fraction of sp³-hybridized carbons (Fsp3) is 0.0455. The lowest BCUT2D eigenvalue weighted by Gasteiger charge is -2.10. The first-order valence-electron chi connectivity index (χ1n) is 8.25. The van der Waals surface area contributed by atoms with E-state index in [1.807, 2.05) is 43.3 Å². The van der Waals surface area contributed by atoms with Gasteiger partial charge < -0.3 is 4.98 Å². The Morgan fingerprint density at radius 3 is 2.35 bits per heavy atom. The van der Waals surface area contributed by atoms with E-state index in [2.05, 4.69) is 4.98 Å². The Kier molecular flexibility index (Phi) is 3.73. The molecule has 0 bridgehead atoms. The number of aldehydes is 1. The van der Waals surface area contributed by atoms with Crippen molar-refractivity contribution in [1.82, 2.24) is 4.98 Å². The van der Waals surface area contributed by atoms with Crippen LogP contribution in [0, 0.1) is 6.92 Å². The molecule has 0 amide bonds. The Morgan fingerprint density at radius 2 is 1.58 bits per heavy atom. The Morgan fingerprint density at radius 1 is 0.846 bits per heavy atom. The lowest BCUT2D eigenvalue weighted by molar-refractivity contribution is -0.104. The molecule has 4 heteroatoms. The van der Waals surface area contributed by atoms with Gasteiger partial charge in [-0.15, -0.1) is 0 Å². The summed E-state index contributed by atoms with van der Waals surface area (Å²) in [4.78, 5) is 40.0. The second-order valence-electron chi connectivity index (χ2n) is 6.21. The zero-order valence-electron chi connectivity index (χ0n) is 14.1. The molecule has 126 valence electrons. The predicted molar refractivity (Wildman–Crippen MR) is 101 cm³/mol. The number of Topliss-reactive ketones (excluding diaryl/α,β-unsaturated/α-hetero) is 1. The molecule has 1 heterocycles. The van der Waals surface area contributed by atoms with Gasteiger partial charge in [-0.05, 0) is 30.7 Å².